The van der Waals surface area contributed by atoms with Gasteiger partial charge in [-0.15, -0.1) is 16.8 Å². The summed E-state index contributed by atoms with van der Waals surface area (Å²) < 4.78 is 17.8. The Morgan fingerprint density at radius 1 is 1.28 bits per heavy atom. The number of methoxy groups -OCH3 is 1. The van der Waals surface area contributed by atoms with E-state index in [9.17, 15) is 4.79 Å². The number of furan rings is 1. The van der Waals surface area contributed by atoms with Crippen molar-refractivity contribution in [3.05, 3.63) is 67.0 Å². The van der Waals surface area contributed by atoms with E-state index in [1.165, 1.54) is 11.8 Å². The van der Waals surface area contributed by atoms with Gasteiger partial charge in [0.15, 0.2) is 16.7 Å². The summed E-state index contributed by atoms with van der Waals surface area (Å²) in [6.45, 7) is 4.30. The molecule has 164 valence electrons. The van der Waals surface area contributed by atoms with Crippen molar-refractivity contribution in [2.45, 2.75) is 23.9 Å². The lowest BCUT2D eigenvalue weighted by Gasteiger charge is -2.08. The largest absolute Gasteiger partial charge is 0.495 e. The van der Waals surface area contributed by atoms with Crippen molar-refractivity contribution in [3.63, 3.8) is 0 Å². The summed E-state index contributed by atoms with van der Waals surface area (Å²) in [5.74, 6) is 2.56. The lowest BCUT2D eigenvalue weighted by molar-refractivity contribution is -0.115. The van der Waals surface area contributed by atoms with Crippen LogP contribution in [0, 0.1) is 0 Å². The Bertz CT molecular complexity index is 1200. The topological polar surface area (TPSA) is 121 Å². The number of aromatic nitrogens is 5. The van der Waals surface area contributed by atoms with Gasteiger partial charge in [0, 0.05) is 6.54 Å². The molecule has 0 saturated heterocycles. The molecule has 32 heavy (non-hydrogen) atoms. The van der Waals surface area contributed by atoms with Crippen LogP contribution >= 0.6 is 11.8 Å². The zero-order valence-electron chi connectivity index (χ0n) is 17.2. The third-order valence-corrected chi connectivity index (χ3v) is 5.26. The molecule has 1 aromatic carbocycles. The predicted octanol–water partition coefficient (Wildman–Crippen LogP) is 3.59. The highest BCUT2D eigenvalue weighted by Gasteiger charge is 2.18. The minimum atomic E-state index is -0.275. The van der Waals surface area contributed by atoms with Crippen molar-refractivity contribution in [1.82, 2.24) is 24.9 Å². The van der Waals surface area contributed by atoms with Crippen molar-refractivity contribution in [1.29, 1.82) is 0 Å². The normalized spacial score (nSPS) is 10.8. The maximum Gasteiger partial charge on any atom is 0.237 e. The number of thioether (sulfide) groups is 1. The molecule has 11 heteroatoms. The van der Waals surface area contributed by atoms with E-state index in [4.69, 9.17) is 13.7 Å². The van der Waals surface area contributed by atoms with Gasteiger partial charge >= 0.3 is 0 Å². The number of anilines is 1. The van der Waals surface area contributed by atoms with Crippen molar-refractivity contribution < 1.29 is 18.5 Å². The van der Waals surface area contributed by atoms with Gasteiger partial charge in [0.2, 0.25) is 17.6 Å². The van der Waals surface area contributed by atoms with Crippen LogP contribution in [-0.4, -0.2) is 37.9 Å². The number of allylic oxidation sites excluding steroid dienone is 1. The predicted molar refractivity (Wildman–Crippen MR) is 117 cm³/mol. The van der Waals surface area contributed by atoms with E-state index < -0.39 is 0 Å². The Kier molecular flexibility index (Phi) is 6.66. The van der Waals surface area contributed by atoms with Crippen molar-refractivity contribution in [3.8, 4) is 17.3 Å². The van der Waals surface area contributed by atoms with Crippen molar-refractivity contribution in [2.75, 3.05) is 12.4 Å². The zero-order chi connectivity index (χ0) is 22.3. The van der Waals surface area contributed by atoms with Crippen LogP contribution in [-0.2, 0) is 23.5 Å². The number of amides is 1. The molecule has 0 aliphatic carbocycles. The molecule has 10 nitrogen and oxygen atoms in total. The molecule has 0 aliphatic heterocycles. The zero-order valence-corrected chi connectivity index (χ0v) is 18.0. The van der Waals surface area contributed by atoms with Crippen LogP contribution in [0.1, 0.15) is 11.7 Å². The van der Waals surface area contributed by atoms with Crippen molar-refractivity contribution >= 4 is 23.4 Å². The molecule has 0 aliphatic rings. The number of ether oxygens (including phenoxy) is 1. The van der Waals surface area contributed by atoms with E-state index in [0.717, 1.165) is 0 Å². The summed E-state index contributed by atoms with van der Waals surface area (Å²) in [7, 11) is 1.54. The molecular formula is C21H20N6O4S. The standard InChI is InChI=1S/C21H20N6O4S/c1-3-10-27-20(16-9-6-11-30-16)24-25-21(27)32-13-19-23-17(26-31-19)12-18(28)22-14-7-4-5-8-15(14)29-2/h3-9,11H,1,10,12-13H2,2H3,(H,22,28). The fourth-order valence-electron chi connectivity index (χ4n) is 2.91. The number of nitrogens with zero attached hydrogens (tertiary/aromatic N) is 5. The number of benzene rings is 1. The second kappa shape index (κ2) is 9.96. The minimum absolute atomic E-state index is 0.0263. The first-order chi connectivity index (χ1) is 15.7. The van der Waals surface area contributed by atoms with Crippen LogP contribution in [0.2, 0.25) is 0 Å². The molecule has 0 bridgehead atoms. The highest BCUT2D eigenvalue weighted by atomic mass is 32.2. The number of rotatable bonds is 10. The smallest absolute Gasteiger partial charge is 0.237 e. The van der Waals surface area contributed by atoms with Gasteiger partial charge in [0.1, 0.15) is 5.75 Å². The Labute approximate surface area is 187 Å². The minimum Gasteiger partial charge on any atom is -0.495 e. The van der Waals surface area contributed by atoms with E-state index >= 15 is 0 Å². The number of carbonyl (C=O) groups excluding carboxylic acids is 1. The second-order valence-electron chi connectivity index (χ2n) is 6.50. The third kappa shape index (κ3) is 4.89. The molecule has 1 N–H and O–H groups in total. The van der Waals surface area contributed by atoms with E-state index in [1.807, 2.05) is 22.8 Å². The van der Waals surface area contributed by atoms with Gasteiger partial charge in [-0.25, -0.2) is 0 Å². The maximum absolute atomic E-state index is 12.3. The first-order valence-electron chi connectivity index (χ1n) is 9.63. The highest BCUT2D eigenvalue weighted by Crippen LogP contribution is 2.26. The Hall–Kier alpha value is -3.86. The van der Waals surface area contributed by atoms with Gasteiger partial charge in [-0.05, 0) is 24.3 Å². The Balaban J connectivity index is 1.38. The molecule has 3 aromatic heterocycles. The fraction of sp³-hybridized carbons (Fsp3) is 0.190. The third-order valence-electron chi connectivity index (χ3n) is 4.30. The Morgan fingerprint density at radius 3 is 2.94 bits per heavy atom. The van der Waals surface area contributed by atoms with Gasteiger partial charge in [-0.2, -0.15) is 4.98 Å². The highest BCUT2D eigenvalue weighted by molar-refractivity contribution is 7.98. The van der Waals surface area contributed by atoms with E-state index in [-0.39, 0.29) is 18.2 Å². The number of hydrogen-bond acceptors (Lipinski definition) is 9. The fourth-order valence-corrected chi connectivity index (χ4v) is 3.70. The summed E-state index contributed by atoms with van der Waals surface area (Å²) in [4.78, 5) is 16.6. The number of para-hydroxylation sites is 2. The van der Waals surface area contributed by atoms with Crippen molar-refractivity contribution in [2.24, 2.45) is 0 Å². The van der Waals surface area contributed by atoms with E-state index in [2.05, 4.69) is 32.2 Å². The van der Waals surface area contributed by atoms with Gasteiger partial charge in [-0.1, -0.05) is 35.1 Å². The molecule has 3 heterocycles. The molecule has 0 fully saturated rings. The number of nitrogens with one attached hydrogen (secondary N) is 1. The SMILES string of the molecule is C=CCn1c(SCc2nc(CC(=O)Nc3ccccc3OC)no2)nnc1-c1ccco1. The summed E-state index contributed by atoms with van der Waals surface area (Å²) in [6.07, 6.45) is 3.31. The summed E-state index contributed by atoms with van der Waals surface area (Å²) in [5, 5.41) is 15.8. The average Bonchev–Trinajstić information content (AvgIpc) is 3.54. The average molecular weight is 452 g/mol. The van der Waals surface area contributed by atoms with Crippen LogP contribution in [0.4, 0.5) is 5.69 Å². The van der Waals surface area contributed by atoms with E-state index in [1.54, 1.807) is 37.6 Å². The first-order valence-corrected chi connectivity index (χ1v) is 10.6. The monoisotopic (exact) mass is 452 g/mol. The van der Waals surface area contributed by atoms with Gasteiger partial charge in [0.05, 0.1) is 31.2 Å². The molecule has 4 aromatic rings. The summed E-state index contributed by atoms with van der Waals surface area (Å²) >= 11 is 1.38. The second-order valence-corrected chi connectivity index (χ2v) is 7.44. The van der Waals surface area contributed by atoms with Crippen LogP contribution in [0.15, 0.2) is 69.4 Å². The quantitative estimate of drug-likeness (QED) is 0.284. The van der Waals surface area contributed by atoms with Crippen LogP contribution < -0.4 is 10.1 Å². The van der Waals surface area contributed by atoms with Gasteiger partial charge < -0.3 is 19.0 Å². The molecule has 4 rings (SSSR count). The molecule has 1 amide bonds. The van der Waals surface area contributed by atoms with Gasteiger partial charge in [0.25, 0.3) is 0 Å². The van der Waals surface area contributed by atoms with Crippen LogP contribution in [0.3, 0.4) is 0 Å². The summed E-state index contributed by atoms with van der Waals surface area (Å²) in [5.41, 5.74) is 0.577. The molecule has 0 radical (unpaired) electrons. The molecule has 0 spiro atoms. The first kappa shape index (κ1) is 21.4. The lowest BCUT2D eigenvalue weighted by atomic mass is 10.2. The molecule has 0 unspecified atom stereocenters. The van der Waals surface area contributed by atoms with E-state index in [0.29, 0.717) is 46.4 Å². The Morgan fingerprint density at radius 2 is 2.16 bits per heavy atom. The summed E-state index contributed by atoms with van der Waals surface area (Å²) in [6, 6.07) is 10.8. The number of hydrogen-bond donors (Lipinski definition) is 1. The molecule has 0 atom stereocenters. The van der Waals surface area contributed by atoms with Crippen LogP contribution in [0.25, 0.3) is 11.6 Å². The lowest BCUT2D eigenvalue weighted by Crippen LogP contribution is -2.15. The van der Waals surface area contributed by atoms with Crippen LogP contribution in [0.5, 0.6) is 5.75 Å². The van der Waals surface area contributed by atoms with Gasteiger partial charge in [-0.3, -0.25) is 9.36 Å². The maximum atomic E-state index is 12.3. The molecular weight excluding hydrogens is 432 g/mol. The number of carbonyl (C=O) groups is 1. The molecule has 0 saturated carbocycles.